The minimum atomic E-state index is -1.49. The van der Waals surface area contributed by atoms with Crippen LogP contribution in [0.1, 0.15) is 19.4 Å². The number of hydrogen-bond acceptors (Lipinski definition) is 7. The Bertz CT molecular complexity index is 625. The van der Waals surface area contributed by atoms with Gasteiger partial charge in [-0.15, -0.1) is 0 Å². The van der Waals surface area contributed by atoms with Crippen molar-refractivity contribution in [1.29, 1.82) is 0 Å². The van der Waals surface area contributed by atoms with Gasteiger partial charge < -0.3 is 34.8 Å². The van der Waals surface area contributed by atoms with Crippen molar-refractivity contribution >= 4 is 11.9 Å². The van der Waals surface area contributed by atoms with Gasteiger partial charge in [0.25, 0.3) is 0 Å². The first kappa shape index (κ1) is 21.3. The van der Waals surface area contributed by atoms with Crippen molar-refractivity contribution in [2.75, 3.05) is 6.61 Å². The molecule has 2 rings (SSSR count). The number of aliphatic hydroxyl groups excluding tert-OH is 2. The maximum Gasteiger partial charge on any atom is 0.332 e. The maximum absolute atomic E-state index is 11.5. The fourth-order valence-corrected chi connectivity index (χ4v) is 2.88. The van der Waals surface area contributed by atoms with Crippen molar-refractivity contribution in [1.82, 2.24) is 5.32 Å². The Hall–Kier alpha value is -2.04. The standard InChI is InChI=1S/C18H25NO8/c1-10(17(22)23)26-16-14(19-11(2)21)18(24)27-13(8-20)15(16)25-9-12-6-4-3-5-7-12/h3-7,10,13-16,18,20,24H,8-9H2,1-2H3,(H,19,21)(H,22,23)/t10?,13-,14-,15-,16-,18-/m1/s1. The Morgan fingerprint density at radius 1 is 1.26 bits per heavy atom. The minimum absolute atomic E-state index is 0.148. The van der Waals surface area contributed by atoms with E-state index in [4.69, 9.17) is 19.3 Å². The van der Waals surface area contributed by atoms with Crippen molar-refractivity contribution in [3.8, 4) is 0 Å². The predicted molar refractivity (Wildman–Crippen MR) is 92.6 cm³/mol. The van der Waals surface area contributed by atoms with Crippen LogP contribution in [0.15, 0.2) is 30.3 Å². The van der Waals surface area contributed by atoms with Crippen LogP contribution in [0.3, 0.4) is 0 Å². The Morgan fingerprint density at radius 2 is 1.93 bits per heavy atom. The van der Waals surface area contributed by atoms with Crippen LogP contribution in [0, 0.1) is 0 Å². The molecule has 0 saturated carbocycles. The lowest BCUT2D eigenvalue weighted by molar-refractivity contribution is -0.278. The van der Waals surface area contributed by atoms with E-state index in [1.807, 2.05) is 30.3 Å². The van der Waals surface area contributed by atoms with Crippen LogP contribution >= 0.6 is 0 Å². The number of aliphatic hydroxyl groups is 2. The third-order valence-corrected chi connectivity index (χ3v) is 4.21. The van der Waals surface area contributed by atoms with Gasteiger partial charge in [0.15, 0.2) is 12.4 Å². The average molecular weight is 383 g/mol. The molecule has 1 aromatic carbocycles. The maximum atomic E-state index is 11.5. The number of nitrogens with one attached hydrogen (secondary N) is 1. The number of ether oxygens (including phenoxy) is 3. The Kier molecular flexibility index (Phi) is 7.69. The summed E-state index contributed by atoms with van der Waals surface area (Å²) in [6, 6.07) is 8.15. The lowest BCUT2D eigenvalue weighted by Gasteiger charge is -2.44. The molecular weight excluding hydrogens is 358 g/mol. The van der Waals surface area contributed by atoms with Gasteiger partial charge >= 0.3 is 5.97 Å². The molecule has 150 valence electrons. The van der Waals surface area contributed by atoms with E-state index in [2.05, 4.69) is 5.32 Å². The van der Waals surface area contributed by atoms with Gasteiger partial charge in [-0.25, -0.2) is 4.79 Å². The van der Waals surface area contributed by atoms with Crippen LogP contribution in [0.2, 0.25) is 0 Å². The van der Waals surface area contributed by atoms with Crippen molar-refractivity contribution < 1.29 is 39.1 Å². The minimum Gasteiger partial charge on any atom is -0.479 e. The molecule has 1 saturated heterocycles. The molecule has 1 aliphatic heterocycles. The summed E-state index contributed by atoms with van der Waals surface area (Å²) in [5.41, 5.74) is 0.849. The number of aliphatic carboxylic acids is 1. The van der Waals surface area contributed by atoms with Crippen LogP contribution in [-0.2, 0) is 30.4 Å². The summed E-state index contributed by atoms with van der Waals surface area (Å²) in [4.78, 5) is 22.7. The molecule has 9 heteroatoms. The molecule has 1 unspecified atom stereocenters. The highest BCUT2D eigenvalue weighted by molar-refractivity contribution is 5.73. The highest BCUT2D eigenvalue weighted by atomic mass is 16.6. The van der Waals surface area contributed by atoms with Gasteiger partial charge in [0.1, 0.15) is 24.4 Å². The van der Waals surface area contributed by atoms with E-state index >= 15 is 0 Å². The number of carbonyl (C=O) groups excluding carboxylic acids is 1. The van der Waals surface area contributed by atoms with Gasteiger partial charge in [-0.3, -0.25) is 4.79 Å². The third kappa shape index (κ3) is 5.72. The number of amides is 1. The Labute approximate surface area is 156 Å². The first-order valence-corrected chi connectivity index (χ1v) is 8.58. The molecule has 0 aliphatic carbocycles. The molecule has 1 aromatic rings. The second kappa shape index (κ2) is 9.77. The molecule has 0 radical (unpaired) electrons. The van der Waals surface area contributed by atoms with E-state index in [9.17, 15) is 19.8 Å². The zero-order valence-corrected chi connectivity index (χ0v) is 15.1. The SMILES string of the molecule is CC(=O)N[C@@H]1[C@@H](OC(C)C(=O)O)[C@H](OCc2ccccc2)[C@@H](CO)O[C@H]1O. The van der Waals surface area contributed by atoms with E-state index in [-0.39, 0.29) is 6.61 Å². The van der Waals surface area contributed by atoms with Crippen molar-refractivity contribution in [3.05, 3.63) is 35.9 Å². The summed E-state index contributed by atoms with van der Waals surface area (Å²) >= 11 is 0. The van der Waals surface area contributed by atoms with Crippen molar-refractivity contribution in [2.24, 2.45) is 0 Å². The van der Waals surface area contributed by atoms with E-state index < -0.39 is 55.2 Å². The van der Waals surface area contributed by atoms with Gasteiger partial charge in [-0.1, -0.05) is 30.3 Å². The van der Waals surface area contributed by atoms with Crippen LogP contribution < -0.4 is 5.32 Å². The summed E-state index contributed by atoms with van der Waals surface area (Å²) in [6.07, 6.45) is -5.64. The molecule has 9 nitrogen and oxygen atoms in total. The van der Waals surface area contributed by atoms with E-state index in [1.165, 1.54) is 13.8 Å². The van der Waals surface area contributed by atoms with Crippen molar-refractivity contribution in [3.63, 3.8) is 0 Å². The molecule has 27 heavy (non-hydrogen) atoms. The first-order valence-electron chi connectivity index (χ1n) is 8.58. The second-order valence-electron chi connectivity index (χ2n) is 6.32. The smallest absolute Gasteiger partial charge is 0.332 e. The number of carboxylic acids is 1. The average Bonchev–Trinajstić information content (AvgIpc) is 2.63. The monoisotopic (exact) mass is 383 g/mol. The Morgan fingerprint density at radius 3 is 2.48 bits per heavy atom. The highest BCUT2D eigenvalue weighted by Crippen LogP contribution is 2.27. The summed E-state index contributed by atoms with van der Waals surface area (Å²) in [7, 11) is 0. The number of benzene rings is 1. The fourth-order valence-electron chi connectivity index (χ4n) is 2.88. The summed E-state index contributed by atoms with van der Waals surface area (Å²) in [6.45, 7) is 2.25. The zero-order chi connectivity index (χ0) is 20.0. The lowest BCUT2D eigenvalue weighted by atomic mass is 9.96. The van der Waals surface area contributed by atoms with E-state index in [0.717, 1.165) is 5.56 Å². The van der Waals surface area contributed by atoms with Gasteiger partial charge in [-0.2, -0.15) is 0 Å². The summed E-state index contributed by atoms with van der Waals surface area (Å²) in [5.74, 6) is -1.66. The largest absolute Gasteiger partial charge is 0.479 e. The zero-order valence-electron chi connectivity index (χ0n) is 15.1. The number of carboxylic acid groups (broad SMARTS) is 1. The normalized spacial score (nSPS) is 29.1. The second-order valence-corrected chi connectivity index (χ2v) is 6.32. The molecule has 6 atom stereocenters. The molecule has 1 heterocycles. The summed E-state index contributed by atoms with van der Waals surface area (Å²) < 4.78 is 16.8. The molecule has 1 aliphatic rings. The molecule has 0 aromatic heterocycles. The fraction of sp³-hybridized carbons (Fsp3) is 0.556. The molecule has 1 amide bonds. The number of carbonyl (C=O) groups is 2. The molecule has 4 N–H and O–H groups in total. The first-order chi connectivity index (χ1) is 12.8. The molecule has 0 bridgehead atoms. The number of rotatable bonds is 8. The van der Waals surface area contributed by atoms with E-state index in [1.54, 1.807) is 0 Å². The van der Waals surface area contributed by atoms with Gasteiger partial charge in [-0.05, 0) is 12.5 Å². The predicted octanol–water partition coefficient (Wildman–Crippen LogP) is -0.356. The van der Waals surface area contributed by atoms with E-state index in [0.29, 0.717) is 0 Å². The molecular formula is C18H25NO8. The van der Waals surface area contributed by atoms with Crippen LogP contribution in [0.25, 0.3) is 0 Å². The van der Waals surface area contributed by atoms with Gasteiger partial charge in [0.2, 0.25) is 5.91 Å². The Balaban J connectivity index is 2.25. The van der Waals surface area contributed by atoms with Gasteiger partial charge in [0.05, 0.1) is 13.2 Å². The quantitative estimate of drug-likeness (QED) is 0.478. The van der Waals surface area contributed by atoms with Gasteiger partial charge in [0, 0.05) is 6.92 Å². The molecule has 0 spiro atoms. The van der Waals surface area contributed by atoms with Crippen LogP contribution in [0.4, 0.5) is 0 Å². The lowest BCUT2D eigenvalue weighted by Crippen LogP contribution is -2.66. The van der Waals surface area contributed by atoms with Crippen LogP contribution in [0.5, 0.6) is 0 Å². The van der Waals surface area contributed by atoms with Crippen molar-refractivity contribution in [2.45, 2.75) is 57.2 Å². The molecule has 1 fully saturated rings. The van der Waals surface area contributed by atoms with Crippen LogP contribution in [-0.4, -0.2) is 70.6 Å². The highest BCUT2D eigenvalue weighted by Gasteiger charge is 2.48. The number of hydrogen-bond donors (Lipinski definition) is 4. The topological polar surface area (TPSA) is 135 Å². The third-order valence-electron chi connectivity index (χ3n) is 4.21. The summed E-state index contributed by atoms with van der Waals surface area (Å²) in [5, 5.41) is 31.5.